The van der Waals surface area contributed by atoms with Crippen LogP contribution in [0.2, 0.25) is 0 Å². The van der Waals surface area contributed by atoms with Gasteiger partial charge in [-0.25, -0.2) is 0 Å². The van der Waals surface area contributed by atoms with E-state index >= 15 is 0 Å². The third-order valence-electron chi connectivity index (χ3n) is 1.99. The standard InChI is InChI=1S/C10H20O2.Cu.Ni/c1-2-3-4-5-6-7-8-9-10(11)12;;/h2-9H2,1H3,(H,11,12);;. The molecule has 14 heavy (non-hydrogen) atoms. The van der Waals surface area contributed by atoms with Crippen molar-refractivity contribution in [3.8, 4) is 0 Å². The van der Waals surface area contributed by atoms with Gasteiger partial charge in [0, 0.05) is 40.0 Å². The van der Waals surface area contributed by atoms with Crippen molar-refractivity contribution >= 4 is 5.97 Å². The molecule has 0 aromatic rings. The number of unbranched alkanes of at least 4 members (excludes halogenated alkanes) is 6. The summed E-state index contributed by atoms with van der Waals surface area (Å²) in [5.41, 5.74) is 0. The monoisotopic (exact) mass is 293 g/mol. The van der Waals surface area contributed by atoms with Crippen LogP contribution in [-0.4, -0.2) is 11.1 Å². The SMILES string of the molecule is CCCCCCCCCC(=O)O.[Cu].[Ni]. The summed E-state index contributed by atoms with van der Waals surface area (Å²) in [5, 5.41) is 8.35. The molecule has 1 radical (unpaired) electrons. The van der Waals surface area contributed by atoms with E-state index in [4.69, 9.17) is 5.11 Å². The van der Waals surface area contributed by atoms with E-state index in [2.05, 4.69) is 6.92 Å². The van der Waals surface area contributed by atoms with Crippen LogP contribution in [0.4, 0.5) is 0 Å². The second kappa shape index (κ2) is 15.9. The van der Waals surface area contributed by atoms with Crippen LogP contribution < -0.4 is 0 Å². The van der Waals surface area contributed by atoms with E-state index in [9.17, 15) is 4.79 Å². The summed E-state index contributed by atoms with van der Waals surface area (Å²) < 4.78 is 0. The first-order valence-corrected chi connectivity index (χ1v) is 4.99. The average Bonchev–Trinajstić information content (AvgIpc) is 2.02. The minimum Gasteiger partial charge on any atom is -0.481 e. The molecule has 1 N–H and O–H groups in total. The molecule has 0 aliphatic rings. The summed E-state index contributed by atoms with van der Waals surface area (Å²) in [6.07, 6.45) is 8.64. The summed E-state index contributed by atoms with van der Waals surface area (Å²) in [6, 6.07) is 0. The molecule has 0 spiro atoms. The van der Waals surface area contributed by atoms with Gasteiger partial charge in [-0.1, -0.05) is 45.4 Å². The Morgan fingerprint density at radius 3 is 1.86 bits per heavy atom. The molecule has 0 saturated heterocycles. The van der Waals surface area contributed by atoms with Gasteiger partial charge < -0.3 is 5.11 Å². The van der Waals surface area contributed by atoms with E-state index in [1.807, 2.05) is 0 Å². The minimum atomic E-state index is -0.663. The molecule has 0 aromatic heterocycles. The Kier molecular flexibility index (Phi) is 22.7. The fourth-order valence-electron chi connectivity index (χ4n) is 1.23. The van der Waals surface area contributed by atoms with Gasteiger partial charge in [-0.3, -0.25) is 4.79 Å². The first kappa shape index (κ1) is 20.0. The van der Waals surface area contributed by atoms with Gasteiger partial charge in [0.15, 0.2) is 0 Å². The van der Waals surface area contributed by atoms with Crippen LogP contribution in [-0.2, 0) is 38.4 Å². The molecule has 2 nitrogen and oxygen atoms in total. The van der Waals surface area contributed by atoms with E-state index in [1.54, 1.807) is 0 Å². The van der Waals surface area contributed by atoms with E-state index in [1.165, 1.54) is 32.1 Å². The van der Waals surface area contributed by atoms with Gasteiger partial charge in [0.25, 0.3) is 0 Å². The maximum absolute atomic E-state index is 10.1. The zero-order chi connectivity index (χ0) is 9.23. The first-order valence-electron chi connectivity index (χ1n) is 4.99. The molecule has 0 aromatic carbocycles. The van der Waals surface area contributed by atoms with Crippen molar-refractivity contribution in [1.82, 2.24) is 0 Å². The second-order valence-electron chi connectivity index (χ2n) is 3.27. The van der Waals surface area contributed by atoms with Crippen molar-refractivity contribution in [2.24, 2.45) is 0 Å². The quantitative estimate of drug-likeness (QED) is 0.551. The van der Waals surface area contributed by atoms with Gasteiger partial charge in [-0.15, -0.1) is 0 Å². The maximum atomic E-state index is 10.1. The van der Waals surface area contributed by atoms with Gasteiger partial charge >= 0.3 is 5.97 Å². The zero-order valence-corrected chi connectivity index (χ0v) is 10.6. The van der Waals surface area contributed by atoms with Crippen LogP contribution in [0.15, 0.2) is 0 Å². The van der Waals surface area contributed by atoms with Crippen molar-refractivity contribution in [3.63, 3.8) is 0 Å². The number of rotatable bonds is 8. The largest absolute Gasteiger partial charge is 0.481 e. The Bertz CT molecular complexity index is 121. The average molecular weight is 295 g/mol. The summed E-state index contributed by atoms with van der Waals surface area (Å²) in [5.74, 6) is -0.663. The van der Waals surface area contributed by atoms with Gasteiger partial charge in [0.1, 0.15) is 0 Å². The fraction of sp³-hybridized carbons (Fsp3) is 0.900. The molecule has 0 rings (SSSR count). The molecule has 0 amide bonds. The Balaban J connectivity index is -0.000000605. The molecule has 0 heterocycles. The summed E-state index contributed by atoms with van der Waals surface area (Å²) in [7, 11) is 0. The predicted molar refractivity (Wildman–Crippen MR) is 50.2 cm³/mol. The maximum Gasteiger partial charge on any atom is 0.303 e. The number of hydrogen-bond donors (Lipinski definition) is 1. The number of hydrogen-bond acceptors (Lipinski definition) is 1. The van der Waals surface area contributed by atoms with Crippen LogP contribution in [0.1, 0.15) is 58.3 Å². The van der Waals surface area contributed by atoms with E-state index < -0.39 is 5.97 Å². The van der Waals surface area contributed by atoms with Crippen molar-refractivity contribution in [2.45, 2.75) is 58.3 Å². The van der Waals surface area contributed by atoms with E-state index in [0.717, 1.165) is 12.8 Å². The zero-order valence-electron chi connectivity index (χ0n) is 8.63. The molecular formula is C10H20CuNiO2. The third kappa shape index (κ3) is 18.3. The number of carboxylic acid groups (broad SMARTS) is 1. The minimum absolute atomic E-state index is 0. The molecule has 0 aliphatic carbocycles. The molecule has 0 aliphatic heterocycles. The van der Waals surface area contributed by atoms with Gasteiger partial charge in [0.05, 0.1) is 0 Å². The van der Waals surface area contributed by atoms with Crippen molar-refractivity contribution in [1.29, 1.82) is 0 Å². The van der Waals surface area contributed by atoms with E-state index in [0.29, 0.717) is 6.42 Å². The molecule has 4 heteroatoms. The molecule has 0 unspecified atom stereocenters. The van der Waals surface area contributed by atoms with Crippen LogP contribution >= 0.6 is 0 Å². The molecule has 0 saturated carbocycles. The number of aliphatic carboxylic acids is 1. The second-order valence-corrected chi connectivity index (χ2v) is 3.27. The summed E-state index contributed by atoms with van der Waals surface area (Å²) in [4.78, 5) is 10.1. The van der Waals surface area contributed by atoms with Crippen LogP contribution in [0.25, 0.3) is 0 Å². The van der Waals surface area contributed by atoms with Gasteiger partial charge in [0.2, 0.25) is 0 Å². The smallest absolute Gasteiger partial charge is 0.303 e. The van der Waals surface area contributed by atoms with Crippen molar-refractivity contribution < 1.29 is 43.5 Å². The van der Waals surface area contributed by atoms with Crippen molar-refractivity contribution in [2.75, 3.05) is 0 Å². The molecular weight excluding hydrogens is 274 g/mol. The van der Waals surface area contributed by atoms with E-state index in [-0.39, 0.29) is 33.6 Å². The normalized spacial score (nSPS) is 8.64. The Morgan fingerprint density at radius 1 is 1.00 bits per heavy atom. The van der Waals surface area contributed by atoms with Crippen LogP contribution in [0.5, 0.6) is 0 Å². The summed E-state index contributed by atoms with van der Waals surface area (Å²) in [6.45, 7) is 2.20. The topological polar surface area (TPSA) is 37.3 Å². The number of carbonyl (C=O) groups is 1. The molecule has 0 bridgehead atoms. The Morgan fingerprint density at radius 2 is 1.43 bits per heavy atom. The van der Waals surface area contributed by atoms with Gasteiger partial charge in [-0.2, -0.15) is 0 Å². The fourth-order valence-corrected chi connectivity index (χ4v) is 1.23. The molecule has 0 fully saturated rings. The van der Waals surface area contributed by atoms with Gasteiger partial charge in [-0.05, 0) is 6.42 Å². The van der Waals surface area contributed by atoms with Crippen molar-refractivity contribution in [3.05, 3.63) is 0 Å². The Labute approximate surface area is 108 Å². The third-order valence-corrected chi connectivity index (χ3v) is 1.99. The Hall–Kier alpha value is 0.483. The summed E-state index contributed by atoms with van der Waals surface area (Å²) >= 11 is 0. The molecule has 0 atom stereocenters. The van der Waals surface area contributed by atoms with Crippen LogP contribution in [0, 0.1) is 0 Å². The van der Waals surface area contributed by atoms with Crippen LogP contribution in [0.3, 0.4) is 0 Å². The molecule has 93 valence electrons. The number of carboxylic acids is 1. The predicted octanol–water partition coefficient (Wildman–Crippen LogP) is 3.21. The first-order chi connectivity index (χ1) is 5.77.